The van der Waals surface area contributed by atoms with Crippen molar-refractivity contribution in [3.05, 3.63) is 34.2 Å². The van der Waals surface area contributed by atoms with Crippen LogP contribution in [0.5, 0.6) is 0 Å². The van der Waals surface area contributed by atoms with Crippen molar-refractivity contribution in [1.82, 2.24) is 4.98 Å². The molecular formula is C28H45NO3S. The van der Waals surface area contributed by atoms with Crippen molar-refractivity contribution in [2.45, 2.75) is 98.5 Å². The van der Waals surface area contributed by atoms with Crippen molar-refractivity contribution >= 4 is 24.5 Å². The summed E-state index contributed by atoms with van der Waals surface area (Å²) in [6, 6.07) is 0. The van der Waals surface area contributed by atoms with Gasteiger partial charge in [0.25, 0.3) is 0 Å². The van der Waals surface area contributed by atoms with Crippen LogP contribution in [0.4, 0.5) is 0 Å². The molecule has 1 aromatic rings. The maximum atomic E-state index is 12.0. The van der Waals surface area contributed by atoms with Crippen molar-refractivity contribution < 1.29 is 14.6 Å². The summed E-state index contributed by atoms with van der Waals surface area (Å²) in [6.07, 6.45) is 11.6. The van der Waals surface area contributed by atoms with Gasteiger partial charge in [0.15, 0.2) is 6.29 Å². The highest BCUT2D eigenvalue weighted by Crippen LogP contribution is 2.54. The molecule has 4 rings (SSSR count). The van der Waals surface area contributed by atoms with Crippen molar-refractivity contribution in [2.75, 3.05) is 19.5 Å². The number of carbonyl (C=O) groups is 1. The molecule has 1 fully saturated rings. The van der Waals surface area contributed by atoms with E-state index in [1.54, 1.807) is 6.26 Å². The second-order valence-electron chi connectivity index (χ2n) is 11.1. The number of aromatic nitrogens is 1. The number of pyridine rings is 1. The van der Waals surface area contributed by atoms with Gasteiger partial charge in [0.1, 0.15) is 0 Å². The predicted octanol–water partition coefficient (Wildman–Crippen LogP) is 6.96. The molecule has 1 unspecified atom stereocenters. The maximum Gasteiger partial charge on any atom is 0.152 e. The van der Waals surface area contributed by atoms with E-state index in [1.165, 1.54) is 25.7 Å². The minimum absolute atomic E-state index is 0.182. The van der Waals surface area contributed by atoms with Gasteiger partial charge < -0.3 is 9.84 Å². The first-order valence-electron chi connectivity index (χ1n) is 12.5. The number of nitrogens with zero attached hydrogens (tertiary/aromatic N) is 1. The average molecular weight is 476 g/mol. The van der Waals surface area contributed by atoms with Crippen LogP contribution >= 0.6 is 12.6 Å². The van der Waals surface area contributed by atoms with E-state index in [9.17, 15) is 9.90 Å². The number of thiol groups is 1. The fourth-order valence-electron chi connectivity index (χ4n) is 4.83. The molecule has 1 aliphatic heterocycles. The van der Waals surface area contributed by atoms with Gasteiger partial charge in [-0.2, -0.15) is 12.6 Å². The zero-order valence-electron chi connectivity index (χ0n) is 21.8. The van der Waals surface area contributed by atoms with Gasteiger partial charge in [-0.25, -0.2) is 0 Å². The molecule has 0 aromatic carbocycles. The summed E-state index contributed by atoms with van der Waals surface area (Å²) in [6.45, 7) is 14.3. The number of rotatable bonds is 3. The lowest BCUT2D eigenvalue weighted by Crippen LogP contribution is -2.38. The SMILES string of the molecule is CC(C)c1nc2c(c(C3=CCOCC3)c1C=O)C(O)CC1(CCC1)C2.CCC(C)(C)C.CS. The Kier molecular flexibility index (Phi) is 10.2. The van der Waals surface area contributed by atoms with E-state index >= 15 is 0 Å². The highest BCUT2D eigenvalue weighted by molar-refractivity contribution is 7.79. The Morgan fingerprint density at radius 3 is 2.36 bits per heavy atom. The first kappa shape index (κ1) is 28.1. The summed E-state index contributed by atoms with van der Waals surface area (Å²) in [5, 5.41) is 11.0. The van der Waals surface area contributed by atoms with Crippen LogP contribution in [0.3, 0.4) is 0 Å². The minimum Gasteiger partial charge on any atom is -0.388 e. The molecule has 4 nitrogen and oxygen atoms in total. The number of aliphatic hydroxyl groups is 1. The molecule has 1 N–H and O–H groups in total. The predicted molar refractivity (Wildman–Crippen MR) is 141 cm³/mol. The summed E-state index contributed by atoms with van der Waals surface area (Å²) >= 11 is 3.53. The largest absolute Gasteiger partial charge is 0.388 e. The Bertz CT molecular complexity index is 835. The highest BCUT2D eigenvalue weighted by Gasteiger charge is 2.45. The number of carbonyl (C=O) groups excluding carboxylic acids is 1. The van der Waals surface area contributed by atoms with Crippen molar-refractivity contribution in [2.24, 2.45) is 10.8 Å². The van der Waals surface area contributed by atoms with Gasteiger partial charge >= 0.3 is 0 Å². The molecule has 186 valence electrons. The first-order chi connectivity index (χ1) is 15.6. The normalized spacial score (nSPS) is 21.0. The standard InChI is InChI=1S/C21H27NO3.C6H14.CH4S/c1-13(2)20-15(12-23)18(14-4-8-25-9-5-14)19-16(22-20)10-21(6-3-7-21)11-17(19)24;1-5-6(2,3)4;1-2/h4,12-13,17,24H,3,5-11H2,1-2H3;5H2,1-4H3;2H,1H3. The lowest BCUT2D eigenvalue weighted by atomic mass is 9.59. The molecule has 2 aliphatic carbocycles. The Balaban J connectivity index is 0.000000421. The maximum absolute atomic E-state index is 12.0. The first-order valence-corrected chi connectivity index (χ1v) is 13.4. The van der Waals surface area contributed by atoms with Crippen molar-refractivity contribution in [1.29, 1.82) is 0 Å². The Hall–Kier alpha value is -1.17. The monoisotopic (exact) mass is 475 g/mol. The van der Waals surface area contributed by atoms with E-state index in [2.05, 4.69) is 60.2 Å². The fourth-order valence-corrected chi connectivity index (χ4v) is 4.83. The number of aldehydes is 1. The zero-order chi connectivity index (χ0) is 24.8. The summed E-state index contributed by atoms with van der Waals surface area (Å²) < 4.78 is 5.46. The van der Waals surface area contributed by atoms with Gasteiger partial charge in [-0.1, -0.05) is 60.5 Å². The van der Waals surface area contributed by atoms with Crippen LogP contribution < -0.4 is 0 Å². The van der Waals surface area contributed by atoms with Crippen molar-refractivity contribution in [3.8, 4) is 0 Å². The average Bonchev–Trinajstić information content (AvgIpc) is 2.78. The number of fused-ring (bicyclic) bond motifs is 1. The molecule has 5 heteroatoms. The number of aliphatic hydroxyl groups excluding tert-OH is 1. The van der Waals surface area contributed by atoms with Crippen LogP contribution in [-0.4, -0.2) is 35.8 Å². The molecule has 1 spiro atoms. The summed E-state index contributed by atoms with van der Waals surface area (Å²) in [5.41, 5.74) is 6.35. The van der Waals surface area contributed by atoms with Crippen LogP contribution in [-0.2, 0) is 11.2 Å². The summed E-state index contributed by atoms with van der Waals surface area (Å²) in [7, 11) is 0. The van der Waals surface area contributed by atoms with E-state index in [0.29, 0.717) is 24.2 Å². The molecule has 0 radical (unpaired) electrons. The Morgan fingerprint density at radius 2 is 1.94 bits per heavy atom. The molecule has 3 aliphatic rings. The molecule has 0 saturated heterocycles. The molecular weight excluding hydrogens is 430 g/mol. The summed E-state index contributed by atoms with van der Waals surface area (Å²) in [4.78, 5) is 16.9. The molecule has 1 saturated carbocycles. The Labute approximate surface area is 207 Å². The van der Waals surface area contributed by atoms with E-state index in [0.717, 1.165) is 53.6 Å². The van der Waals surface area contributed by atoms with E-state index in [1.807, 2.05) is 0 Å². The van der Waals surface area contributed by atoms with Gasteiger partial charge in [-0.05, 0) is 66.2 Å². The third-order valence-corrected chi connectivity index (χ3v) is 7.31. The van der Waals surface area contributed by atoms with Crippen LogP contribution in [0.15, 0.2) is 6.08 Å². The summed E-state index contributed by atoms with van der Waals surface area (Å²) in [5.74, 6) is 0.182. The third-order valence-electron chi connectivity index (χ3n) is 7.31. The fraction of sp³-hybridized carbons (Fsp3) is 0.714. The lowest BCUT2D eigenvalue weighted by Gasteiger charge is -2.47. The van der Waals surface area contributed by atoms with Crippen LogP contribution in [0.2, 0.25) is 0 Å². The number of hydrogen-bond acceptors (Lipinski definition) is 5. The Morgan fingerprint density at radius 1 is 1.30 bits per heavy atom. The molecule has 1 aromatic heterocycles. The van der Waals surface area contributed by atoms with Gasteiger partial charge in [-0.3, -0.25) is 9.78 Å². The van der Waals surface area contributed by atoms with Crippen LogP contribution in [0, 0.1) is 10.8 Å². The van der Waals surface area contributed by atoms with Crippen LogP contribution in [0.1, 0.15) is 125 Å². The molecule has 0 bridgehead atoms. The molecule has 1 atom stereocenters. The zero-order valence-corrected chi connectivity index (χ0v) is 22.7. The second-order valence-corrected chi connectivity index (χ2v) is 11.1. The van der Waals surface area contributed by atoms with E-state index < -0.39 is 6.10 Å². The smallest absolute Gasteiger partial charge is 0.152 e. The quantitative estimate of drug-likeness (QED) is 0.366. The van der Waals surface area contributed by atoms with Gasteiger partial charge in [0, 0.05) is 16.8 Å². The van der Waals surface area contributed by atoms with E-state index in [-0.39, 0.29) is 11.3 Å². The second kappa shape index (κ2) is 12.0. The van der Waals surface area contributed by atoms with Gasteiger partial charge in [0.05, 0.1) is 25.0 Å². The minimum atomic E-state index is -0.518. The van der Waals surface area contributed by atoms with Crippen LogP contribution in [0.25, 0.3) is 5.57 Å². The molecule has 33 heavy (non-hydrogen) atoms. The number of ether oxygens (including phenoxy) is 1. The topological polar surface area (TPSA) is 59.4 Å². The molecule has 0 amide bonds. The van der Waals surface area contributed by atoms with Gasteiger partial charge in [-0.15, -0.1) is 0 Å². The third kappa shape index (κ3) is 6.70. The van der Waals surface area contributed by atoms with E-state index in [4.69, 9.17) is 9.72 Å². The molecule has 2 heterocycles. The van der Waals surface area contributed by atoms with Crippen molar-refractivity contribution in [3.63, 3.8) is 0 Å². The number of hydrogen-bond donors (Lipinski definition) is 2. The van der Waals surface area contributed by atoms with Gasteiger partial charge in [0.2, 0.25) is 0 Å². The highest BCUT2D eigenvalue weighted by atomic mass is 32.1. The lowest BCUT2D eigenvalue weighted by molar-refractivity contribution is 0.0241.